The topological polar surface area (TPSA) is 74.7 Å². The SMILES string of the molecule is Cc1cc(C)c(S(=O)(=O)N(C)C2CC(C(=O)O)C2)c(F)c1. The number of aliphatic carboxylic acids is 1. The van der Waals surface area contributed by atoms with Gasteiger partial charge >= 0.3 is 5.97 Å². The van der Waals surface area contributed by atoms with Crippen molar-refractivity contribution in [2.45, 2.75) is 37.6 Å². The lowest BCUT2D eigenvalue weighted by Crippen LogP contribution is -2.47. The molecule has 0 saturated heterocycles. The van der Waals surface area contributed by atoms with E-state index in [1.807, 2.05) is 0 Å². The Hall–Kier alpha value is -1.47. The standard InChI is InChI=1S/C14H18FNO4S/c1-8-4-9(2)13(12(15)5-8)21(19,20)16(3)11-6-10(7-11)14(17)18/h4-5,10-11H,6-7H2,1-3H3,(H,17,18). The second kappa shape index (κ2) is 5.38. The number of sulfonamides is 1. The van der Waals surface area contributed by atoms with Gasteiger partial charge in [-0.15, -0.1) is 0 Å². The molecule has 7 heteroatoms. The second-order valence-corrected chi connectivity index (χ2v) is 7.51. The van der Waals surface area contributed by atoms with Crippen molar-refractivity contribution in [3.63, 3.8) is 0 Å². The summed E-state index contributed by atoms with van der Waals surface area (Å²) >= 11 is 0. The summed E-state index contributed by atoms with van der Waals surface area (Å²) in [6.45, 7) is 3.25. The quantitative estimate of drug-likeness (QED) is 0.921. The Morgan fingerprint density at radius 1 is 1.33 bits per heavy atom. The van der Waals surface area contributed by atoms with Crippen LogP contribution in [0.25, 0.3) is 0 Å². The molecule has 1 aliphatic carbocycles. The van der Waals surface area contributed by atoms with Crippen LogP contribution in [0, 0.1) is 25.6 Å². The molecular formula is C14H18FNO4S. The largest absolute Gasteiger partial charge is 0.481 e. The third-order valence-corrected chi connectivity index (χ3v) is 6.08. The van der Waals surface area contributed by atoms with Gasteiger partial charge in [0.1, 0.15) is 10.7 Å². The van der Waals surface area contributed by atoms with Gasteiger partial charge in [-0.2, -0.15) is 4.31 Å². The third-order valence-electron chi connectivity index (χ3n) is 3.99. The highest BCUT2D eigenvalue weighted by atomic mass is 32.2. The summed E-state index contributed by atoms with van der Waals surface area (Å²) in [6.07, 6.45) is 0.523. The predicted molar refractivity (Wildman–Crippen MR) is 75.0 cm³/mol. The van der Waals surface area contributed by atoms with Crippen molar-refractivity contribution >= 4 is 16.0 Å². The first-order chi connectivity index (χ1) is 9.64. The Morgan fingerprint density at radius 2 is 1.90 bits per heavy atom. The zero-order valence-corrected chi connectivity index (χ0v) is 12.9. The maximum atomic E-state index is 14.1. The lowest BCUT2D eigenvalue weighted by Gasteiger charge is -2.38. The molecule has 2 rings (SSSR count). The Bertz CT molecular complexity index is 657. The summed E-state index contributed by atoms with van der Waals surface area (Å²) in [6, 6.07) is 2.41. The second-order valence-electron chi connectivity index (χ2n) is 5.57. The van der Waals surface area contributed by atoms with Gasteiger partial charge in [0.15, 0.2) is 0 Å². The van der Waals surface area contributed by atoms with Crippen LogP contribution >= 0.6 is 0 Å². The van der Waals surface area contributed by atoms with Crippen LogP contribution in [-0.2, 0) is 14.8 Å². The van der Waals surface area contributed by atoms with Gasteiger partial charge in [-0.1, -0.05) is 6.07 Å². The first-order valence-corrected chi connectivity index (χ1v) is 8.06. The van der Waals surface area contributed by atoms with Crippen LogP contribution in [0.5, 0.6) is 0 Å². The van der Waals surface area contributed by atoms with Crippen molar-refractivity contribution in [1.82, 2.24) is 4.31 Å². The van der Waals surface area contributed by atoms with E-state index in [-0.39, 0.29) is 17.7 Å². The summed E-state index contributed by atoms with van der Waals surface area (Å²) in [4.78, 5) is 10.5. The molecule has 1 fully saturated rings. The fourth-order valence-corrected chi connectivity index (χ4v) is 4.28. The van der Waals surface area contributed by atoms with Crippen LogP contribution in [0.15, 0.2) is 17.0 Å². The number of nitrogens with zero attached hydrogens (tertiary/aromatic N) is 1. The highest BCUT2D eigenvalue weighted by molar-refractivity contribution is 7.89. The van der Waals surface area contributed by atoms with Gasteiger partial charge < -0.3 is 5.11 Å². The fourth-order valence-electron chi connectivity index (χ4n) is 2.66. The highest BCUT2D eigenvalue weighted by Crippen LogP contribution is 2.35. The molecule has 21 heavy (non-hydrogen) atoms. The van der Waals surface area contributed by atoms with Crippen molar-refractivity contribution in [2.75, 3.05) is 7.05 Å². The van der Waals surface area contributed by atoms with E-state index < -0.39 is 33.8 Å². The molecule has 5 nitrogen and oxygen atoms in total. The Balaban J connectivity index is 2.29. The number of hydrogen-bond donors (Lipinski definition) is 1. The molecule has 1 aromatic carbocycles. The number of carboxylic acids is 1. The van der Waals surface area contributed by atoms with Crippen LogP contribution in [-0.4, -0.2) is 36.9 Å². The molecule has 0 unspecified atom stereocenters. The molecule has 0 spiro atoms. The normalized spacial score (nSPS) is 22.1. The van der Waals surface area contributed by atoms with Gasteiger partial charge in [-0.05, 0) is 43.9 Å². The number of carbonyl (C=O) groups is 1. The van der Waals surface area contributed by atoms with Crippen LogP contribution in [0.4, 0.5) is 4.39 Å². The number of benzene rings is 1. The number of aryl methyl sites for hydroxylation is 2. The van der Waals surface area contributed by atoms with E-state index in [0.717, 1.165) is 4.31 Å². The predicted octanol–water partition coefficient (Wildman–Crippen LogP) is 1.93. The van der Waals surface area contributed by atoms with Crippen molar-refractivity contribution in [3.05, 3.63) is 29.1 Å². The average molecular weight is 315 g/mol. The molecule has 0 aromatic heterocycles. The van der Waals surface area contributed by atoms with Gasteiger partial charge in [-0.3, -0.25) is 4.79 Å². The van der Waals surface area contributed by atoms with Crippen molar-refractivity contribution in [2.24, 2.45) is 5.92 Å². The molecule has 0 heterocycles. The van der Waals surface area contributed by atoms with Gasteiger partial charge in [0, 0.05) is 13.1 Å². The van der Waals surface area contributed by atoms with Gasteiger partial charge in [0.25, 0.3) is 0 Å². The number of rotatable bonds is 4. The molecule has 1 aliphatic rings. The van der Waals surface area contributed by atoms with E-state index in [4.69, 9.17) is 5.11 Å². The van der Waals surface area contributed by atoms with Crippen molar-refractivity contribution < 1.29 is 22.7 Å². The van der Waals surface area contributed by atoms with Crippen molar-refractivity contribution in [3.8, 4) is 0 Å². The van der Waals surface area contributed by atoms with Crippen LogP contribution < -0.4 is 0 Å². The summed E-state index contributed by atoms with van der Waals surface area (Å²) in [5.74, 6) is -2.21. The van der Waals surface area contributed by atoms with E-state index >= 15 is 0 Å². The third kappa shape index (κ3) is 2.80. The fraction of sp³-hybridized carbons (Fsp3) is 0.500. The maximum absolute atomic E-state index is 14.1. The smallest absolute Gasteiger partial charge is 0.306 e. The van der Waals surface area contributed by atoms with Crippen molar-refractivity contribution in [1.29, 1.82) is 0 Å². The van der Waals surface area contributed by atoms with E-state index in [1.165, 1.54) is 13.1 Å². The Kier molecular flexibility index (Phi) is 4.08. The minimum absolute atomic E-state index is 0.261. The van der Waals surface area contributed by atoms with E-state index in [1.54, 1.807) is 19.9 Å². The summed E-state index contributed by atoms with van der Waals surface area (Å²) in [7, 11) is -2.59. The number of carboxylic acid groups (broad SMARTS) is 1. The molecule has 0 aliphatic heterocycles. The summed E-state index contributed by atoms with van der Waals surface area (Å²) < 4.78 is 40.2. The maximum Gasteiger partial charge on any atom is 0.306 e. The molecule has 0 amide bonds. The average Bonchev–Trinajstić information content (AvgIpc) is 2.23. The van der Waals surface area contributed by atoms with E-state index in [9.17, 15) is 17.6 Å². The number of hydrogen-bond acceptors (Lipinski definition) is 3. The van der Waals surface area contributed by atoms with Crippen LogP contribution in [0.3, 0.4) is 0 Å². The first-order valence-electron chi connectivity index (χ1n) is 6.62. The lowest BCUT2D eigenvalue weighted by atomic mass is 9.80. The molecule has 0 bridgehead atoms. The Labute approximate surface area is 123 Å². The molecular weight excluding hydrogens is 297 g/mol. The van der Waals surface area contributed by atoms with Gasteiger partial charge in [0.05, 0.1) is 5.92 Å². The summed E-state index contributed by atoms with van der Waals surface area (Å²) in [5.41, 5.74) is 1.01. The van der Waals surface area contributed by atoms with Gasteiger partial charge in [-0.25, -0.2) is 12.8 Å². The van der Waals surface area contributed by atoms with E-state index in [0.29, 0.717) is 11.1 Å². The molecule has 116 valence electrons. The minimum atomic E-state index is -3.96. The van der Waals surface area contributed by atoms with E-state index in [2.05, 4.69) is 0 Å². The van der Waals surface area contributed by atoms with Gasteiger partial charge in [0.2, 0.25) is 10.0 Å². The zero-order valence-electron chi connectivity index (χ0n) is 12.1. The van der Waals surface area contributed by atoms with Crippen LogP contribution in [0.2, 0.25) is 0 Å². The molecule has 0 atom stereocenters. The molecule has 1 saturated carbocycles. The molecule has 0 radical (unpaired) electrons. The minimum Gasteiger partial charge on any atom is -0.481 e. The zero-order chi connectivity index (χ0) is 15.9. The lowest BCUT2D eigenvalue weighted by molar-refractivity contribution is -0.146. The highest BCUT2D eigenvalue weighted by Gasteiger charge is 2.42. The monoisotopic (exact) mass is 315 g/mol. The molecule has 1 N–H and O–H groups in total. The number of halogens is 1. The first kappa shape index (κ1) is 15.9. The summed E-state index contributed by atoms with van der Waals surface area (Å²) in [5, 5.41) is 8.84. The Morgan fingerprint density at radius 3 is 2.38 bits per heavy atom. The molecule has 1 aromatic rings. The van der Waals surface area contributed by atoms with Crippen LogP contribution in [0.1, 0.15) is 24.0 Å².